The predicted molar refractivity (Wildman–Crippen MR) is 58.3 cm³/mol. The zero-order valence-electron chi connectivity index (χ0n) is 6.82. The van der Waals surface area contributed by atoms with E-state index in [1.165, 1.54) is 28.1 Å². The van der Waals surface area contributed by atoms with Gasteiger partial charge >= 0.3 is 0 Å². The van der Waals surface area contributed by atoms with Gasteiger partial charge in [0.15, 0.2) is 0 Å². The molecule has 1 saturated heterocycles. The van der Waals surface area contributed by atoms with Crippen molar-refractivity contribution < 1.29 is 0 Å². The van der Waals surface area contributed by atoms with Crippen LogP contribution < -0.4 is 0 Å². The molecule has 1 aromatic carbocycles. The van der Waals surface area contributed by atoms with E-state index in [1.807, 2.05) is 23.5 Å². The predicted octanol–water partition coefficient (Wildman–Crippen LogP) is 3.39. The molecule has 0 bridgehead atoms. The maximum absolute atomic E-state index is 2.20. The summed E-state index contributed by atoms with van der Waals surface area (Å²) in [5, 5.41) is 0. The second kappa shape index (κ2) is 4.24. The van der Waals surface area contributed by atoms with E-state index in [4.69, 9.17) is 0 Å². The van der Waals surface area contributed by atoms with Crippen LogP contribution >= 0.6 is 23.5 Å². The van der Waals surface area contributed by atoms with Crippen molar-refractivity contribution in [3.63, 3.8) is 0 Å². The molecule has 1 aliphatic heterocycles. The Labute approximate surface area is 82.1 Å². The lowest BCUT2D eigenvalue weighted by Crippen LogP contribution is -2.00. The molecule has 12 heavy (non-hydrogen) atoms. The van der Waals surface area contributed by atoms with Crippen molar-refractivity contribution in [1.29, 1.82) is 0 Å². The van der Waals surface area contributed by atoms with Crippen LogP contribution in [0.1, 0.15) is 12.0 Å². The van der Waals surface area contributed by atoms with Crippen LogP contribution in [0.4, 0.5) is 0 Å². The Hall–Kier alpha value is -0.0800. The van der Waals surface area contributed by atoms with Crippen LogP contribution in [0.2, 0.25) is 0 Å². The van der Waals surface area contributed by atoms with E-state index in [0.717, 1.165) is 0 Å². The van der Waals surface area contributed by atoms with Gasteiger partial charge in [0.25, 0.3) is 0 Å². The molecule has 63 valence electrons. The van der Waals surface area contributed by atoms with Gasteiger partial charge in [0.2, 0.25) is 0 Å². The fourth-order valence-electron chi connectivity index (χ4n) is 1.17. The van der Waals surface area contributed by atoms with Crippen molar-refractivity contribution in [2.24, 2.45) is 0 Å². The van der Waals surface area contributed by atoms with Crippen LogP contribution in [0, 0.1) is 4.58 Å². The molecule has 0 amide bonds. The van der Waals surface area contributed by atoms with Crippen LogP contribution in [0.5, 0.6) is 0 Å². The summed E-state index contributed by atoms with van der Waals surface area (Å²) >= 11 is 3.99. The summed E-state index contributed by atoms with van der Waals surface area (Å²) in [6.45, 7) is 0. The van der Waals surface area contributed by atoms with E-state index in [-0.39, 0.29) is 0 Å². The molecule has 2 rings (SSSR count). The molecule has 0 aromatic heterocycles. The highest BCUT2D eigenvalue weighted by molar-refractivity contribution is 8.21. The fraction of sp³-hybridized carbons (Fsp3) is 0.300. The van der Waals surface area contributed by atoms with Gasteiger partial charge in [0.05, 0.1) is 0 Å². The Balaban J connectivity index is 2.08. The molecular weight excluding hydrogens is 184 g/mol. The average Bonchev–Trinajstić information content (AvgIpc) is 2.21. The quantitative estimate of drug-likeness (QED) is 0.673. The molecule has 1 aliphatic rings. The van der Waals surface area contributed by atoms with Crippen LogP contribution in [-0.4, -0.2) is 11.5 Å². The van der Waals surface area contributed by atoms with Gasteiger partial charge < -0.3 is 0 Å². The minimum Gasteiger partial charge on any atom is -0.137 e. The highest BCUT2D eigenvalue weighted by atomic mass is 32.2. The largest absolute Gasteiger partial charge is 0.137 e. The second-order valence-electron chi connectivity index (χ2n) is 2.70. The smallest absolute Gasteiger partial charge is 0.114 e. The summed E-state index contributed by atoms with van der Waals surface area (Å²) in [7, 11) is 0. The van der Waals surface area contributed by atoms with Crippen LogP contribution in [0.25, 0.3) is 0 Å². The standard InChI is InChI=1S/C10H11S2/c1-2-5-9(6-3-1)10-11-7-4-8-12-10/h1-3,5-6H,4,7-8H2. The Bertz CT molecular complexity index is 227. The summed E-state index contributed by atoms with van der Waals surface area (Å²) in [5.74, 6) is 2.58. The summed E-state index contributed by atoms with van der Waals surface area (Å²) < 4.78 is 1.50. The third kappa shape index (κ3) is 1.99. The molecule has 0 aliphatic carbocycles. The third-order valence-electron chi connectivity index (χ3n) is 1.76. The zero-order valence-corrected chi connectivity index (χ0v) is 8.46. The van der Waals surface area contributed by atoms with Crippen molar-refractivity contribution in [3.8, 4) is 0 Å². The van der Waals surface area contributed by atoms with E-state index in [0.29, 0.717) is 0 Å². The average molecular weight is 195 g/mol. The maximum atomic E-state index is 2.20. The molecule has 0 spiro atoms. The first-order chi connectivity index (χ1) is 5.97. The van der Waals surface area contributed by atoms with Gasteiger partial charge in [-0.05, 0) is 23.5 Å². The first-order valence-corrected chi connectivity index (χ1v) is 6.12. The molecular formula is C10H11S2. The zero-order chi connectivity index (χ0) is 8.23. The number of hydrogen-bond donors (Lipinski definition) is 0. The van der Waals surface area contributed by atoms with Gasteiger partial charge in [0.1, 0.15) is 4.58 Å². The van der Waals surface area contributed by atoms with Gasteiger partial charge in [-0.25, -0.2) is 0 Å². The Morgan fingerprint density at radius 3 is 2.25 bits per heavy atom. The topological polar surface area (TPSA) is 0 Å². The van der Waals surface area contributed by atoms with E-state index < -0.39 is 0 Å². The molecule has 2 heteroatoms. The van der Waals surface area contributed by atoms with Crippen LogP contribution in [0.3, 0.4) is 0 Å². The lowest BCUT2D eigenvalue weighted by Gasteiger charge is -2.19. The SMILES string of the molecule is c1ccc([C]2SCCCS2)cc1. The first-order valence-electron chi connectivity index (χ1n) is 4.15. The van der Waals surface area contributed by atoms with E-state index >= 15 is 0 Å². The molecule has 0 atom stereocenters. The van der Waals surface area contributed by atoms with Crippen LogP contribution in [0.15, 0.2) is 30.3 Å². The summed E-state index contributed by atoms with van der Waals surface area (Å²) in [4.78, 5) is 0. The van der Waals surface area contributed by atoms with Gasteiger partial charge in [-0.1, -0.05) is 30.3 Å². The summed E-state index contributed by atoms with van der Waals surface area (Å²) in [5.41, 5.74) is 1.40. The summed E-state index contributed by atoms with van der Waals surface area (Å²) in [6.07, 6.45) is 1.35. The maximum Gasteiger partial charge on any atom is 0.114 e. The van der Waals surface area contributed by atoms with Crippen LogP contribution in [-0.2, 0) is 0 Å². The molecule has 0 nitrogen and oxygen atoms in total. The third-order valence-corrected chi connectivity index (χ3v) is 4.45. The minimum absolute atomic E-state index is 1.29. The second-order valence-corrected chi connectivity index (χ2v) is 5.17. The van der Waals surface area contributed by atoms with Gasteiger partial charge in [-0.2, -0.15) is 0 Å². The highest BCUT2D eigenvalue weighted by Gasteiger charge is 2.16. The summed E-state index contributed by atoms with van der Waals surface area (Å²) in [6, 6.07) is 10.7. The van der Waals surface area contributed by atoms with E-state index in [1.54, 1.807) is 0 Å². The fourth-order valence-corrected chi connectivity index (χ4v) is 3.74. The van der Waals surface area contributed by atoms with Crippen molar-refractivity contribution in [2.75, 3.05) is 11.5 Å². The molecule has 1 heterocycles. The molecule has 1 fully saturated rings. The van der Waals surface area contributed by atoms with Gasteiger partial charge in [0, 0.05) is 0 Å². The number of hydrogen-bond acceptors (Lipinski definition) is 2. The number of benzene rings is 1. The molecule has 1 aromatic rings. The lowest BCUT2D eigenvalue weighted by atomic mass is 10.2. The lowest BCUT2D eigenvalue weighted by molar-refractivity contribution is 1.12. The monoisotopic (exact) mass is 195 g/mol. The van der Waals surface area contributed by atoms with E-state index in [9.17, 15) is 0 Å². The molecule has 0 N–H and O–H groups in total. The van der Waals surface area contributed by atoms with Crippen molar-refractivity contribution in [3.05, 3.63) is 40.5 Å². The molecule has 1 radical (unpaired) electrons. The Kier molecular flexibility index (Phi) is 3.01. The molecule has 0 unspecified atom stereocenters. The Morgan fingerprint density at radius 2 is 1.58 bits per heavy atom. The highest BCUT2D eigenvalue weighted by Crippen LogP contribution is 2.42. The number of thioether (sulfide) groups is 2. The van der Waals surface area contributed by atoms with Gasteiger partial charge in [-0.3, -0.25) is 0 Å². The number of rotatable bonds is 1. The van der Waals surface area contributed by atoms with Crippen molar-refractivity contribution in [2.45, 2.75) is 6.42 Å². The minimum atomic E-state index is 1.29. The first kappa shape index (κ1) is 8.52. The van der Waals surface area contributed by atoms with Crippen molar-refractivity contribution >= 4 is 23.5 Å². The van der Waals surface area contributed by atoms with Crippen molar-refractivity contribution in [1.82, 2.24) is 0 Å². The van der Waals surface area contributed by atoms with E-state index in [2.05, 4.69) is 30.3 Å². The Morgan fingerprint density at radius 1 is 0.917 bits per heavy atom. The molecule has 0 saturated carbocycles. The normalized spacial score (nSPS) is 19.3. The van der Waals surface area contributed by atoms with Gasteiger partial charge in [-0.15, -0.1) is 23.5 Å².